The molecule has 2 rings (SSSR count). The van der Waals surface area contributed by atoms with E-state index < -0.39 is 30.4 Å². The number of hydrogen-bond donors (Lipinski definition) is 1. The molecule has 0 spiro atoms. The van der Waals surface area contributed by atoms with Crippen LogP contribution >= 0.6 is 0 Å². The van der Waals surface area contributed by atoms with Crippen molar-refractivity contribution in [1.82, 2.24) is 9.78 Å². The summed E-state index contributed by atoms with van der Waals surface area (Å²) in [5.74, 6) is -3.38. The van der Waals surface area contributed by atoms with Gasteiger partial charge in [0.25, 0.3) is 0 Å². The fraction of sp³-hybridized carbons (Fsp3) is 0.583. The molecular formula is C12H14F3N3O3. The van der Waals surface area contributed by atoms with Crippen LogP contribution in [0, 0.1) is 6.92 Å². The van der Waals surface area contributed by atoms with Crippen molar-refractivity contribution in [2.24, 2.45) is 0 Å². The van der Waals surface area contributed by atoms with E-state index in [-0.39, 0.29) is 30.2 Å². The van der Waals surface area contributed by atoms with Gasteiger partial charge in [-0.2, -0.15) is 18.3 Å². The first-order valence-corrected chi connectivity index (χ1v) is 6.33. The van der Waals surface area contributed by atoms with Crippen LogP contribution in [0.5, 0.6) is 0 Å². The second-order valence-corrected chi connectivity index (χ2v) is 4.66. The predicted molar refractivity (Wildman–Crippen MR) is 65.6 cm³/mol. The van der Waals surface area contributed by atoms with Gasteiger partial charge in [-0.05, 0) is 13.8 Å². The minimum absolute atomic E-state index is 0.0841. The lowest BCUT2D eigenvalue weighted by atomic mass is 9.91. The van der Waals surface area contributed by atoms with Crippen molar-refractivity contribution in [2.75, 3.05) is 11.9 Å². The van der Waals surface area contributed by atoms with E-state index in [2.05, 4.69) is 10.4 Å². The number of nitrogens with zero attached hydrogens (tertiary/aromatic N) is 2. The van der Waals surface area contributed by atoms with Crippen molar-refractivity contribution in [3.63, 3.8) is 0 Å². The van der Waals surface area contributed by atoms with E-state index in [0.717, 1.165) is 4.68 Å². The van der Waals surface area contributed by atoms with Crippen LogP contribution in [0.25, 0.3) is 0 Å². The number of carbonyl (C=O) groups excluding carboxylic acids is 2. The highest BCUT2D eigenvalue weighted by Gasteiger charge is 2.47. The Kier molecular flexibility index (Phi) is 3.93. The Labute approximate surface area is 118 Å². The molecule has 1 N–H and O–H groups in total. The summed E-state index contributed by atoms with van der Waals surface area (Å²) in [6, 6.07) is 0. The maximum Gasteiger partial charge on any atom is 0.396 e. The Hall–Kier alpha value is -2.06. The van der Waals surface area contributed by atoms with E-state index in [4.69, 9.17) is 4.74 Å². The van der Waals surface area contributed by atoms with E-state index in [1.165, 1.54) is 6.92 Å². The Bertz CT molecular complexity index is 580. The zero-order valence-corrected chi connectivity index (χ0v) is 11.5. The van der Waals surface area contributed by atoms with Crippen LogP contribution in [-0.2, 0) is 20.9 Å². The molecular weight excluding hydrogens is 291 g/mol. The van der Waals surface area contributed by atoms with Crippen LogP contribution in [0.3, 0.4) is 0 Å². The molecule has 116 valence electrons. The number of nitrogens with one attached hydrogen (secondary N) is 1. The van der Waals surface area contributed by atoms with Gasteiger partial charge in [0.05, 0.1) is 18.2 Å². The average molecular weight is 305 g/mol. The smallest absolute Gasteiger partial charge is 0.396 e. The van der Waals surface area contributed by atoms with E-state index in [1.54, 1.807) is 6.92 Å². The van der Waals surface area contributed by atoms with Crippen molar-refractivity contribution < 1.29 is 27.5 Å². The number of ether oxygens (including phenoxy) is 1. The number of rotatable bonds is 3. The van der Waals surface area contributed by atoms with Gasteiger partial charge in [0.1, 0.15) is 12.4 Å². The van der Waals surface area contributed by atoms with Gasteiger partial charge in [0.15, 0.2) is 0 Å². The first-order valence-electron chi connectivity index (χ1n) is 6.33. The molecule has 0 aromatic carbocycles. The van der Waals surface area contributed by atoms with Gasteiger partial charge in [-0.25, -0.2) is 4.68 Å². The van der Waals surface area contributed by atoms with Crippen LogP contribution in [0.15, 0.2) is 0 Å². The number of fused-ring (bicyclic) bond motifs is 1. The summed E-state index contributed by atoms with van der Waals surface area (Å²) in [6.45, 7) is 2.83. The largest absolute Gasteiger partial charge is 0.465 e. The van der Waals surface area contributed by atoms with Gasteiger partial charge < -0.3 is 10.1 Å². The molecule has 1 aliphatic rings. The van der Waals surface area contributed by atoms with Crippen molar-refractivity contribution in [1.29, 1.82) is 0 Å². The third-order valence-electron chi connectivity index (χ3n) is 3.15. The minimum Gasteiger partial charge on any atom is -0.465 e. The van der Waals surface area contributed by atoms with Crippen molar-refractivity contribution in [3.05, 3.63) is 11.3 Å². The third kappa shape index (κ3) is 3.01. The second kappa shape index (κ2) is 5.38. The molecule has 6 nitrogen and oxygen atoms in total. The molecule has 1 atom stereocenters. The van der Waals surface area contributed by atoms with Crippen LogP contribution in [0.4, 0.5) is 19.0 Å². The topological polar surface area (TPSA) is 73.2 Å². The fourth-order valence-electron chi connectivity index (χ4n) is 2.34. The highest BCUT2D eigenvalue weighted by molar-refractivity contribution is 5.94. The molecule has 9 heteroatoms. The molecule has 0 bridgehead atoms. The first kappa shape index (κ1) is 15.3. The lowest BCUT2D eigenvalue weighted by Crippen LogP contribution is -2.32. The highest BCUT2D eigenvalue weighted by Crippen LogP contribution is 2.44. The van der Waals surface area contributed by atoms with E-state index in [1.807, 2.05) is 0 Å². The maximum absolute atomic E-state index is 13.1. The number of hydrogen-bond acceptors (Lipinski definition) is 4. The van der Waals surface area contributed by atoms with Crippen LogP contribution in [-0.4, -0.2) is 34.4 Å². The zero-order chi connectivity index (χ0) is 15.8. The molecule has 1 amide bonds. The molecule has 0 radical (unpaired) electrons. The Morgan fingerprint density at radius 2 is 2.19 bits per heavy atom. The molecule has 1 aliphatic heterocycles. The van der Waals surface area contributed by atoms with Gasteiger partial charge in [-0.3, -0.25) is 9.59 Å². The Morgan fingerprint density at radius 1 is 1.52 bits per heavy atom. The summed E-state index contributed by atoms with van der Waals surface area (Å²) in [7, 11) is 0. The number of amides is 1. The molecule has 2 heterocycles. The standard InChI is InChI=1S/C12H14F3N3O3/c1-3-21-9(20)5-18-11-10(6(2)17-18)7(12(13,14)15)4-8(19)16-11/h7H,3-5H2,1-2H3,(H,16,19). The first-order chi connectivity index (χ1) is 9.74. The SMILES string of the molecule is CCOC(=O)Cn1nc(C)c2c1NC(=O)CC2C(F)(F)F. The molecule has 0 saturated heterocycles. The minimum atomic E-state index is -4.55. The number of anilines is 1. The number of alkyl halides is 3. The molecule has 1 unspecified atom stereocenters. The van der Waals surface area contributed by atoms with E-state index >= 15 is 0 Å². The lowest BCUT2D eigenvalue weighted by Gasteiger charge is -2.25. The maximum atomic E-state index is 13.1. The van der Waals surface area contributed by atoms with Gasteiger partial charge >= 0.3 is 12.1 Å². The molecule has 0 saturated carbocycles. The van der Waals surface area contributed by atoms with Gasteiger partial charge in [-0.1, -0.05) is 0 Å². The molecule has 21 heavy (non-hydrogen) atoms. The van der Waals surface area contributed by atoms with Gasteiger partial charge in [0, 0.05) is 12.0 Å². The quantitative estimate of drug-likeness (QED) is 0.863. The summed E-state index contributed by atoms with van der Waals surface area (Å²) in [4.78, 5) is 22.9. The predicted octanol–water partition coefficient (Wildman–Crippen LogP) is 1.74. The summed E-state index contributed by atoms with van der Waals surface area (Å²) < 4.78 is 44.9. The summed E-state index contributed by atoms with van der Waals surface area (Å²) >= 11 is 0. The van der Waals surface area contributed by atoms with Crippen molar-refractivity contribution in [2.45, 2.75) is 38.9 Å². The number of esters is 1. The lowest BCUT2D eigenvalue weighted by molar-refractivity contribution is -0.156. The zero-order valence-electron chi connectivity index (χ0n) is 11.5. The van der Waals surface area contributed by atoms with Crippen molar-refractivity contribution in [3.8, 4) is 0 Å². The van der Waals surface area contributed by atoms with E-state index in [9.17, 15) is 22.8 Å². The number of carbonyl (C=O) groups is 2. The monoisotopic (exact) mass is 305 g/mol. The number of aromatic nitrogens is 2. The normalized spacial score (nSPS) is 18.1. The molecule has 1 aromatic heterocycles. The van der Waals surface area contributed by atoms with E-state index in [0.29, 0.717) is 0 Å². The second-order valence-electron chi connectivity index (χ2n) is 4.66. The van der Waals surface area contributed by atoms with Crippen LogP contribution < -0.4 is 5.32 Å². The summed E-state index contributed by atoms with van der Waals surface area (Å²) in [5, 5.41) is 6.27. The molecule has 0 fully saturated rings. The summed E-state index contributed by atoms with van der Waals surface area (Å²) in [6.07, 6.45) is -5.22. The van der Waals surface area contributed by atoms with Crippen LogP contribution in [0.2, 0.25) is 0 Å². The average Bonchev–Trinajstić information content (AvgIpc) is 2.64. The Balaban J connectivity index is 2.41. The molecule has 0 aliphatic carbocycles. The van der Waals surface area contributed by atoms with Gasteiger partial charge in [0.2, 0.25) is 5.91 Å². The van der Waals surface area contributed by atoms with Crippen molar-refractivity contribution >= 4 is 17.7 Å². The summed E-state index contributed by atoms with van der Waals surface area (Å²) in [5.41, 5.74) is 0.0445. The van der Waals surface area contributed by atoms with Gasteiger partial charge in [-0.15, -0.1) is 0 Å². The van der Waals surface area contributed by atoms with Crippen LogP contribution in [0.1, 0.15) is 30.5 Å². The highest BCUT2D eigenvalue weighted by atomic mass is 19.4. The molecule has 1 aromatic rings. The number of halogens is 3. The Morgan fingerprint density at radius 3 is 2.76 bits per heavy atom. The number of aryl methyl sites for hydroxylation is 1. The fourth-order valence-corrected chi connectivity index (χ4v) is 2.34. The third-order valence-corrected chi connectivity index (χ3v) is 3.15.